The van der Waals surface area contributed by atoms with Crippen molar-refractivity contribution in [1.82, 2.24) is 14.9 Å². The summed E-state index contributed by atoms with van der Waals surface area (Å²) in [7, 11) is 3.50. The Kier molecular flexibility index (Phi) is 6.55. The van der Waals surface area contributed by atoms with Crippen molar-refractivity contribution in [3.63, 3.8) is 0 Å². The van der Waals surface area contributed by atoms with Crippen LogP contribution in [-0.2, 0) is 11.8 Å². The van der Waals surface area contributed by atoms with Gasteiger partial charge >= 0.3 is 0 Å². The van der Waals surface area contributed by atoms with E-state index in [2.05, 4.69) is 10.3 Å². The maximum Gasteiger partial charge on any atom is 0.224 e. The van der Waals surface area contributed by atoms with E-state index in [0.29, 0.717) is 10.8 Å². The minimum absolute atomic E-state index is 0.141. The second-order valence-electron chi connectivity index (χ2n) is 6.23. The van der Waals surface area contributed by atoms with Crippen LogP contribution in [0.4, 0.5) is 0 Å². The summed E-state index contributed by atoms with van der Waals surface area (Å²) in [5, 5.41) is 3.63. The van der Waals surface area contributed by atoms with Gasteiger partial charge in [-0.25, -0.2) is 4.98 Å². The zero-order valence-electron chi connectivity index (χ0n) is 15.8. The number of methoxy groups -OCH3 is 1. The van der Waals surface area contributed by atoms with Crippen molar-refractivity contribution in [1.29, 1.82) is 0 Å². The Hall–Kier alpha value is -2.99. The quantitative estimate of drug-likeness (QED) is 0.626. The molecule has 0 fully saturated rings. The molecular formula is C21H22ClN3O3. The van der Waals surface area contributed by atoms with Gasteiger partial charge in [0.2, 0.25) is 5.91 Å². The van der Waals surface area contributed by atoms with Crippen LogP contribution in [0.1, 0.15) is 23.9 Å². The van der Waals surface area contributed by atoms with Gasteiger partial charge in [-0.05, 0) is 35.9 Å². The van der Waals surface area contributed by atoms with Crippen molar-refractivity contribution < 1.29 is 14.3 Å². The number of hydrogen-bond donors (Lipinski definition) is 1. The van der Waals surface area contributed by atoms with Crippen molar-refractivity contribution in [2.45, 2.75) is 12.5 Å². The average molecular weight is 400 g/mol. The Morgan fingerprint density at radius 1 is 1.21 bits per heavy atom. The van der Waals surface area contributed by atoms with Gasteiger partial charge in [-0.15, -0.1) is 0 Å². The third kappa shape index (κ3) is 5.04. The van der Waals surface area contributed by atoms with Gasteiger partial charge in [0.05, 0.1) is 20.1 Å². The van der Waals surface area contributed by atoms with Gasteiger partial charge in [-0.1, -0.05) is 29.8 Å². The Bertz CT molecular complexity index is 942. The number of nitrogens with one attached hydrogen (secondary N) is 1. The van der Waals surface area contributed by atoms with Crippen molar-refractivity contribution in [2.24, 2.45) is 7.05 Å². The number of halogens is 1. The molecule has 0 aliphatic carbocycles. The lowest BCUT2D eigenvalue weighted by Gasteiger charge is -2.20. The maximum atomic E-state index is 12.6. The molecule has 3 rings (SSSR count). The molecule has 0 saturated carbocycles. The Morgan fingerprint density at radius 2 is 2.00 bits per heavy atom. The van der Waals surface area contributed by atoms with Crippen LogP contribution in [0.2, 0.25) is 5.02 Å². The Morgan fingerprint density at radius 3 is 2.71 bits per heavy atom. The molecule has 0 saturated heterocycles. The molecule has 1 amide bonds. The molecule has 1 atom stereocenters. The fourth-order valence-electron chi connectivity index (χ4n) is 2.82. The highest BCUT2D eigenvalue weighted by atomic mass is 35.5. The van der Waals surface area contributed by atoms with E-state index in [0.717, 1.165) is 17.1 Å². The van der Waals surface area contributed by atoms with E-state index in [9.17, 15) is 4.79 Å². The molecule has 1 aromatic heterocycles. The molecular weight excluding hydrogens is 378 g/mol. The van der Waals surface area contributed by atoms with E-state index in [4.69, 9.17) is 21.1 Å². The van der Waals surface area contributed by atoms with Crippen LogP contribution >= 0.6 is 11.6 Å². The number of benzene rings is 2. The summed E-state index contributed by atoms with van der Waals surface area (Å²) >= 11 is 5.94. The predicted octanol–water partition coefficient (Wildman–Crippen LogP) is 3.76. The molecule has 1 N–H and O–H groups in total. The fourth-order valence-corrected chi connectivity index (χ4v) is 3.01. The first-order chi connectivity index (χ1) is 13.6. The predicted molar refractivity (Wildman–Crippen MR) is 108 cm³/mol. The monoisotopic (exact) mass is 399 g/mol. The largest absolute Gasteiger partial charge is 0.497 e. The number of carbonyl (C=O) groups is 1. The van der Waals surface area contributed by atoms with Gasteiger partial charge in [0.15, 0.2) is 0 Å². The molecule has 0 bridgehead atoms. The first kappa shape index (κ1) is 19.8. The number of hydrogen-bond acceptors (Lipinski definition) is 4. The SMILES string of the molecule is COc1cccc(C(NC(=O)CCOc2cccc(Cl)c2)c2nccn2C)c1. The lowest BCUT2D eigenvalue weighted by molar-refractivity contribution is -0.122. The molecule has 2 aromatic carbocycles. The molecule has 3 aromatic rings. The molecule has 0 aliphatic heterocycles. The summed E-state index contributed by atoms with van der Waals surface area (Å²) in [6.07, 6.45) is 3.76. The smallest absolute Gasteiger partial charge is 0.224 e. The average Bonchev–Trinajstić information content (AvgIpc) is 3.12. The second kappa shape index (κ2) is 9.28. The molecule has 146 valence electrons. The molecule has 6 nitrogen and oxygen atoms in total. The third-order valence-electron chi connectivity index (χ3n) is 4.24. The van der Waals surface area contributed by atoms with Gasteiger partial charge in [-0.3, -0.25) is 4.79 Å². The summed E-state index contributed by atoms with van der Waals surface area (Å²) in [6, 6.07) is 14.3. The standard InChI is InChI=1S/C21H22ClN3O3/c1-25-11-10-23-21(25)20(15-5-3-7-17(13-15)27-2)24-19(26)9-12-28-18-8-4-6-16(22)14-18/h3-8,10-11,13-14,20H,9,12H2,1-2H3,(H,24,26). The van der Waals surface area contributed by atoms with Crippen LogP contribution in [0.25, 0.3) is 0 Å². The molecule has 0 spiro atoms. The molecule has 0 radical (unpaired) electrons. The highest BCUT2D eigenvalue weighted by Gasteiger charge is 2.21. The molecule has 1 unspecified atom stereocenters. The van der Waals surface area contributed by atoms with Crippen LogP contribution in [-0.4, -0.2) is 29.2 Å². The van der Waals surface area contributed by atoms with E-state index < -0.39 is 6.04 Å². The normalized spacial score (nSPS) is 11.7. The molecule has 0 aliphatic rings. The number of imidazole rings is 1. The van der Waals surface area contributed by atoms with E-state index in [1.165, 1.54) is 0 Å². The summed E-state index contributed by atoms with van der Waals surface area (Å²) in [5.74, 6) is 1.94. The zero-order valence-corrected chi connectivity index (χ0v) is 16.5. The van der Waals surface area contributed by atoms with Crippen molar-refractivity contribution in [3.8, 4) is 11.5 Å². The van der Waals surface area contributed by atoms with Gasteiger partial charge < -0.3 is 19.4 Å². The zero-order chi connectivity index (χ0) is 19.9. The number of nitrogens with zero attached hydrogens (tertiary/aromatic N) is 2. The van der Waals surface area contributed by atoms with E-state index in [1.807, 2.05) is 42.1 Å². The van der Waals surface area contributed by atoms with Gasteiger partial charge in [0.25, 0.3) is 0 Å². The van der Waals surface area contributed by atoms with Gasteiger partial charge in [0.1, 0.15) is 23.4 Å². The summed E-state index contributed by atoms with van der Waals surface area (Å²) in [5.41, 5.74) is 0.887. The first-order valence-electron chi connectivity index (χ1n) is 8.85. The number of rotatable bonds is 8. The number of aromatic nitrogens is 2. The lowest BCUT2D eigenvalue weighted by atomic mass is 10.1. The van der Waals surface area contributed by atoms with Gasteiger partial charge in [-0.2, -0.15) is 0 Å². The highest BCUT2D eigenvalue weighted by molar-refractivity contribution is 6.30. The van der Waals surface area contributed by atoms with Crippen LogP contribution in [0.15, 0.2) is 60.9 Å². The van der Waals surface area contributed by atoms with E-state index in [1.54, 1.807) is 37.6 Å². The fraction of sp³-hybridized carbons (Fsp3) is 0.238. The van der Waals surface area contributed by atoms with E-state index >= 15 is 0 Å². The number of ether oxygens (including phenoxy) is 2. The summed E-state index contributed by atoms with van der Waals surface area (Å²) < 4.78 is 12.8. The van der Waals surface area contributed by atoms with Crippen LogP contribution in [0.3, 0.4) is 0 Å². The van der Waals surface area contributed by atoms with Crippen LogP contribution in [0.5, 0.6) is 11.5 Å². The number of carbonyl (C=O) groups excluding carboxylic acids is 1. The highest BCUT2D eigenvalue weighted by Crippen LogP contribution is 2.24. The Balaban J connectivity index is 1.68. The Labute approximate surface area is 169 Å². The minimum atomic E-state index is -0.395. The third-order valence-corrected chi connectivity index (χ3v) is 4.48. The minimum Gasteiger partial charge on any atom is -0.497 e. The molecule has 28 heavy (non-hydrogen) atoms. The molecule has 1 heterocycles. The topological polar surface area (TPSA) is 65.4 Å². The maximum absolute atomic E-state index is 12.6. The first-order valence-corrected chi connectivity index (χ1v) is 9.23. The van der Waals surface area contributed by atoms with Crippen molar-refractivity contribution >= 4 is 17.5 Å². The second-order valence-corrected chi connectivity index (χ2v) is 6.67. The summed E-state index contributed by atoms with van der Waals surface area (Å²) in [6.45, 7) is 0.248. The molecule has 7 heteroatoms. The van der Waals surface area contributed by atoms with E-state index in [-0.39, 0.29) is 18.9 Å². The summed E-state index contributed by atoms with van der Waals surface area (Å²) in [4.78, 5) is 17.0. The lowest BCUT2D eigenvalue weighted by Crippen LogP contribution is -2.32. The van der Waals surface area contributed by atoms with Crippen LogP contribution < -0.4 is 14.8 Å². The number of aryl methyl sites for hydroxylation is 1. The number of amides is 1. The van der Waals surface area contributed by atoms with Crippen molar-refractivity contribution in [2.75, 3.05) is 13.7 Å². The van der Waals surface area contributed by atoms with Crippen molar-refractivity contribution in [3.05, 3.63) is 77.3 Å². The van der Waals surface area contributed by atoms with Crippen LogP contribution in [0, 0.1) is 0 Å². The van der Waals surface area contributed by atoms with Gasteiger partial charge in [0, 0.05) is 24.5 Å².